The Morgan fingerprint density at radius 2 is 1.75 bits per heavy atom. The molecule has 0 saturated carbocycles. The lowest BCUT2D eigenvalue weighted by atomic mass is 10.1. The molecule has 162 valence electrons. The van der Waals surface area contributed by atoms with Crippen LogP contribution in [0.25, 0.3) is 22.3 Å². The SMILES string of the molecule is CCOc1cc(-c2nc3ccccc3c(=O)[nH]2)ccc1OCC(=O)NCc1ccccc1. The van der Waals surface area contributed by atoms with E-state index in [1.807, 2.05) is 43.3 Å². The molecule has 3 aromatic carbocycles. The number of aromatic nitrogens is 2. The van der Waals surface area contributed by atoms with Gasteiger partial charge in [0.15, 0.2) is 18.1 Å². The molecular formula is C25H23N3O4. The van der Waals surface area contributed by atoms with Gasteiger partial charge < -0.3 is 19.8 Å². The van der Waals surface area contributed by atoms with E-state index in [0.717, 1.165) is 5.56 Å². The van der Waals surface area contributed by atoms with Crippen molar-refractivity contribution in [2.45, 2.75) is 13.5 Å². The van der Waals surface area contributed by atoms with Crippen molar-refractivity contribution in [2.75, 3.05) is 13.2 Å². The standard InChI is InChI=1S/C25H23N3O4/c1-2-31-22-14-18(24-27-20-11-7-6-10-19(20)25(30)28-24)12-13-21(22)32-16-23(29)26-15-17-8-4-3-5-9-17/h3-14H,2,15-16H2,1H3,(H,26,29)(H,27,28,30). The zero-order valence-corrected chi connectivity index (χ0v) is 17.6. The number of hydrogen-bond donors (Lipinski definition) is 2. The van der Waals surface area contributed by atoms with Crippen molar-refractivity contribution in [2.24, 2.45) is 0 Å². The summed E-state index contributed by atoms with van der Waals surface area (Å²) in [5, 5.41) is 3.36. The fraction of sp³-hybridized carbons (Fsp3) is 0.160. The first kappa shape index (κ1) is 21.1. The maximum absolute atomic E-state index is 12.4. The lowest BCUT2D eigenvalue weighted by Crippen LogP contribution is -2.28. The first-order valence-electron chi connectivity index (χ1n) is 10.3. The summed E-state index contributed by atoms with van der Waals surface area (Å²) in [5.41, 5.74) is 2.09. The number of nitrogens with zero attached hydrogens (tertiary/aromatic N) is 1. The molecule has 0 fully saturated rings. The number of rotatable bonds is 8. The van der Waals surface area contributed by atoms with Crippen LogP contribution < -0.4 is 20.3 Å². The van der Waals surface area contributed by atoms with Crippen molar-refractivity contribution < 1.29 is 14.3 Å². The van der Waals surface area contributed by atoms with E-state index in [1.165, 1.54) is 0 Å². The Kier molecular flexibility index (Phi) is 6.46. The molecule has 0 spiro atoms. The number of ether oxygens (including phenoxy) is 2. The fourth-order valence-corrected chi connectivity index (χ4v) is 3.26. The molecule has 1 aromatic heterocycles. The van der Waals surface area contributed by atoms with Gasteiger partial charge in [0.25, 0.3) is 11.5 Å². The zero-order valence-electron chi connectivity index (χ0n) is 17.6. The highest BCUT2D eigenvalue weighted by Gasteiger charge is 2.12. The van der Waals surface area contributed by atoms with Gasteiger partial charge in [-0.05, 0) is 42.8 Å². The number of benzene rings is 3. The first-order valence-corrected chi connectivity index (χ1v) is 10.3. The van der Waals surface area contributed by atoms with E-state index in [0.29, 0.717) is 46.9 Å². The summed E-state index contributed by atoms with van der Waals surface area (Å²) < 4.78 is 11.4. The summed E-state index contributed by atoms with van der Waals surface area (Å²) in [7, 11) is 0. The molecule has 0 bridgehead atoms. The third kappa shape index (κ3) is 4.95. The molecule has 0 aliphatic rings. The average Bonchev–Trinajstić information content (AvgIpc) is 2.83. The molecule has 2 N–H and O–H groups in total. The molecule has 1 amide bonds. The van der Waals surface area contributed by atoms with Crippen LogP contribution in [0.1, 0.15) is 12.5 Å². The van der Waals surface area contributed by atoms with Gasteiger partial charge in [-0.2, -0.15) is 0 Å². The summed E-state index contributed by atoms with van der Waals surface area (Å²) in [5.74, 6) is 1.10. The summed E-state index contributed by atoms with van der Waals surface area (Å²) in [4.78, 5) is 31.9. The minimum absolute atomic E-state index is 0.142. The number of hydrogen-bond acceptors (Lipinski definition) is 5. The number of carbonyl (C=O) groups excluding carboxylic acids is 1. The lowest BCUT2D eigenvalue weighted by molar-refractivity contribution is -0.123. The molecule has 0 radical (unpaired) electrons. The molecule has 0 saturated heterocycles. The fourth-order valence-electron chi connectivity index (χ4n) is 3.26. The second-order valence-corrected chi connectivity index (χ2v) is 7.08. The summed E-state index contributed by atoms with van der Waals surface area (Å²) in [6.45, 7) is 2.57. The number of nitrogens with one attached hydrogen (secondary N) is 2. The molecule has 4 aromatic rings. The Labute approximate surface area is 185 Å². The number of fused-ring (bicyclic) bond motifs is 1. The molecular weight excluding hydrogens is 406 g/mol. The van der Waals surface area contributed by atoms with Gasteiger partial charge in [0, 0.05) is 12.1 Å². The molecule has 0 atom stereocenters. The Bertz CT molecular complexity index is 1290. The van der Waals surface area contributed by atoms with Gasteiger partial charge in [-0.25, -0.2) is 4.98 Å². The Balaban J connectivity index is 1.49. The number of para-hydroxylation sites is 1. The second-order valence-electron chi connectivity index (χ2n) is 7.08. The van der Waals surface area contributed by atoms with Crippen LogP contribution in [0.5, 0.6) is 11.5 Å². The number of carbonyl (C=O) groups is 1. The zero-order chi connectivity index (χ0) is 22.3. The predicted octanol–water partition coefficient (Wildman–Crippen LogP) is 3.68. The maximum Gasteiger partial charge on any atom is 0.259 e. The van der Waals surface area contributed by atoms with Crippen LogP contribution in [0.4, 0.5) is 0 Å². The Morgan fingerprint density at radius 3 is 2.56 bits per heavy atom. The number of H-pyrrole nitrogens is 1. The van der Waals surface area contributed by atoms with Gasteiger partial charge >= 0.3 is 0 Å². The van der Waals surface area contributed by atoms with Crippen molar-refractivity contribution >= 4 is 16.8 Å². The molecule has 0 aliphatic carbocycles. The van der Waals surface area contributed by atoms with Crippen molar-refractivity contribution in [3.63, 3.8) is 0 Å². The van der Waals surface area contributed by atoms with E-state index in [1.54, 1.807) is 36.4 Å². The Morgan fingerprint density at radius 1 is 0.969 bits per heavy atom. The monoisotopic (exact) mass is 429 g/mol. The van der Waals surface area contributed by atoms with Crippen molar-refractivity contribution in [1.29, 1.82) is 0 Å². The molecule has 32 heavy (non-hydrogen) atoms. The topological polar surface area (TPSA) is 93.3 Å². The first-order chi connectivity index (χ1) is 15.6. The van der Waals surface area contributed by atoms with Crippen LogP contribution in [0.15, 0.2) is 77.6 Å². The minimum Gasteiger partial charge on any atom is -0.490 e. The van der Waals surface area contributed by atoms with Crippen LogP contribution in [-0.2, 0) is 11.3 Å². The number of amides is 1. The van der Waals surface area contributed by atoms with Crippen LogP contribution >= 0.6 is 0 Å². The summed E-state index contributed by atoms with van der Waals surface area (Å²) in [6.07, 6.45) is 0. The summed E-state index contributed by atoms with van der Waals surface area (Å²) in [6, 6.07) is 22.0. The molecule has 1 heterocycles. The van der Waals surface area contributed by atoms with E-state index < -0.39 is 0 Å². The normalized spacial score (nSPS) is 10.7. The quantitative estimate of drug-likeness (QED) is 0.446. The second kappa shape index (κ2) is 9.78. The highest BCUT2D eigenvalue weighted by Crippen LogP contribution is 2.31. The van der Waals surface area contributed by atoms with Crippen LogP contribution in [0.2, 0.25) is 0 Å². The van der Waals surface area contributed by atoms with Gasteiger partial charge in [-0.15, -0.1) is 0 Å². The molecule has 0 unspecified atom stereocenters. The van der Waals surface area contributed by atoms with Gasteiger partial charge in [0.05, 0.1) is 17.5 Å². The number of aromatic amines is 1. The van der Waals surface area contributed by atoms with E-state index in [4.69, 9.17) is 9.47 Å². The van der Waals surface area contributed by atoms with E-state index in [2.05, 4.69) is 15.3 Å². The van der Waals surface area contributed by atoms with Crippen LogP contribution in [-0.4, -0.2) is 29.1 Å². The molecule has 4 rings (SSSR count). The van der Waals surface area contributed by atoms with E-state index in [-0.39, 0.29) is 18.1 Å². The minimum atomic E-state index is -0.235. The third-order valence-corrected chi connectivity index (χ3v) is 4.82. The average molecular weight is 429 g/mol. The smallest absolute Gasteiger partial charge is 0.259 e. The van der Waals surface area contributed by atoms with Gasteiger partial charge in [-0.3, -0.25) is 9.59 Å². The van der Waals surface area contributed by atoms with Crippen molar-refractivity contribution in [3.8, 4) is 22.9 Å². The third-order valence-electron chi connectivity index (χ3n) is 4.82. The molecule has 0 aliphatic heterocycles. The lowest BCUT2D eigenvalue weighted by Gasteiger charge is -2.13. The highest BCUT2D eigenvalue weighted by molar-refractivity contribution is 5.80. The molecule has 7 nitrogen and oxygen atoms in total. The van der Waals surface area contributed by atoms with Crippen LogP contribution in [0, 0.1) is 0 Å². The Hall–Kier alpha value is -4.13. The van der Waals surface area contributed by atoms with Gasteiger partial charge in [-0.1, -0.05) is 42.5 Å². The van der Waals surface area contributed by atoms with Crippen molar-refractivity contribution in [1.82, 2.24) is 15.3 Å². The molecule has 7 heteroatoms. The predicted molar refractivity (Wildman–Crippen MR) is 123 cm³/mol. The van der Waals surface area contributed by atoms with E-state index in [9.17, 15) is 9.59 Å². The van der Waals surface area contributed by atoms with Gasteiger partial charge in [0.1, 0.15) is 5.82 Å². The highest BCUT2D eigenvalue weighted by atomic mass is 16.5. The van der Waals surface area contributed by atoms with E-state index >= 15 is 0 Å². The maximum atomic E-state index is 12.4. The summed E-state index contributed by atoms with van der Waals surface area (Å²) >= 11 is 0. The van der Waals surface area contributed by atoms with Gasteiger partial charge in [0.2, 0.25) is 0 Å². The van der Waals surface area contributed by atoms with Crippen LogP contribution in [0.3, 0.4) is 0 Å². The van der Waals surface area contributed by atoms with Crippen molar-refractivity contribution in [3.05, 3.63) is 88.7 Å². The largest absolute Gasteiger partial charge is 0.490 e.